The third-order valence-corrected chi connectivity index (χ3v) is 6.17. The second-order valence-electron chi connectivity index (χ2n) is 6.00. The van der Waals surface area contributed by atoms with Crippen molar-refractivity contribution in [3.05, 3.63) is 56.8 Å². The molecule has 3 aromatic rings. The van der Waals surface area contributed by atoms with Crippen LogP contribution in [0, 0.1) is 10.1 Å². The molecule has 6 nitrogen and oxygen atoms in total. The highest BCUT2D eigenvalue weighted by atomic mass is 32.2. The van der Waals surface area contributed by atoms with Gasteiger partial charge in [-0.25, -0.2) is 4.98 Å². The standard InChI is InChI=1S/C18H17N3O3S3/c1-11(2)27-14-5-3-12(4-6-14)7-17(22)20-18-19-15(10-26-18)16-8-13(9-25-16)21(23)24/h3-6,8-11H,7H2,1-2H3,(H,19,20,22). The summed E-state index contributed by atoms with van der Waals surface area (Å²) in [5.41, 5.74) is 1.61. The van der Waals surface area contributed by atoms with Crippen molar-refractivity contribution >= 4 is 51.2 Å². The Morgan fingerprint density at radius 3 is 2.63 bits per heavy atom. The van der Waals surface area contributed by atoms with Crippen LogP contribution in [0.4, 0.5) is 10.8 Å². The summed E-state index contributed by atoms with van der Waals surface area (Å²) in [5.74, 6) is -0.141. The molecule has 27 heavy (non-hydrogen) atoms. The molecule has 9 heteroatoms. The number of hydrogen-bond donors (Lipinski definition) is 1. The van der Waals surface area contributed by atoms with Crippen molar-refractivity contribution in [1.82, 2.24) is 4.98 Å². The number of carbonyl (C=O) groups excluding carboxylic acids is 1. The van der Waals surface area contributed by atoms with Crippen molar-refractivity contribution < 1.29 is 9.72 Å². The van der Waals surface area contributed by atoms with Gasteiger partial charge in [-0.2, -0.15) is 0 Å². The molecule has 0 radical (unpaired) electrons. The lowest BCUT2D eigenvalue weighted by Gasteiger charge is -2.06. The first-order chi connectivity index (χ1) is 12.9. The lowest BCUT2D eigenvalue weighted by Crippen LogP contribution is -2.14. The molecule has 140 valence electrons. The van der Waals surface area contributed by atoms with Gasteiger partial charge in [0.05, 0.1) is 27.3 Å². The Hall–Kier alpha value is -2.23. The van der Waals surface area contributed by atoms with Crippen molar-refractivity contribution in [2.45, 2.75) is 30.4 Å². The normalized spacial score (nSPS) is 10.9. The zero-order valence-corrected chi connectivity index (χ0v) is 17.1. The topological polar surface area (TPSA) is 85.1 Å². The van der Waals surface area contributed by atoms with Crippen molar-refractivity contribution in [1.29, 1.82) is 0 Å². The molecule has 1 amide bonds. The highest BCUT2D eigenvalue weighted by molar-refractivity contribution is 7.99. The van der Waals surface area contributed by atoms with Gasteiger partial charge < -0.3 is 5.32 Å². The molecule has 0 saturated carbocycles. The van der Waals surface area contributed by atoms with Crippen LogP contribution in [0.25, 0.3) is 10.6 Å². The van der Waals surface area contributed by atoms with Gasteiger partial charge in [-0.3, -0.25) is 14.9 Å². The van der Waals surface area contributed by atoms with Gasteiger partial charge in [0, 0.05) is 21.6 Å². The first-order valence-electron chi connectivity index (χ1n) is 8.15. The lowest BCUT2D eigenvalue weighted by molar-refractivity contribution is -0.384. The number of thiazole rings is 1. The maximum atomic E-state index is 12.2. The number of benzene rings is 1. The molecule has 2 aromatic heterocycles. The number of anilines is 1. The van der Waals surface area contributed by atoms with Crippen molar-refractivity contribution in [3.63, 3.8) is 0 Å². The van der Waals surface area contributed by atoms with E-state index in [-0.39, 0.29) is 18.0 Å². The third kappa shape index (κ3) is 5.38. The average molecular weight is 420 g/mol. The molecule has 0 aliphatic carbocycles. The monoisotopic (exact) mass is 419 g/mol. The van der Waals surface area contributed by atoms with Crippen molar-refractivity contribution in [3.8, 4) is 10.6 Å². The van der Waals surface area contributed by atoms with Crippen LogP contribution in [0.1, 0.15) is 19.4 Å². The van der Waals surface area contributed by atoms with E-state index in [1.165, 1.54) is 39.0 Å². The second-order valence-corrected chi connectivity index (χ2v) is 9.42. The third-order valence-electron chi connectivity index (χ3n) is 3.46. The predicted octanol–water partition coefficient (Wildman–Crippen LogP) is 5.46. The number of nitrogens with zero attached hydrogens (tertiary/aromatic N) is 2. The highest BCUT2D eigenvalue weighted by Crippen LogP contribution is 2.32. The van der Waals surface area contributed by atoms with Crippen LogP contribution >= 0.6 is 34.4 Å². The number of thiophene rings is 1. The number of rotatable bonds is 7. The van der Waals surface area contributed by atoms with Crippen LogP contribution in [0.15, 0.2) is 46.0 Å². The minimum atomic E-state index is -0.431. The highest BCUT2D eigenvalue weighted by Gasteiger charge is 2.14. The largest absolute Gasteiger partial charge is 0.302 e. The molecule has 2 heterocycles. The predicted molar refractivity (Wildman–Crippen MR) is 112 cm³/mol. The van der Waals surface area contributed by atoms with Gasteiger partial charge in [0.1, 0.15) is 0 Å². The summed E-state index contributed by atoms with van der Waals surface area (Å²) >= 11 is 4.34. The molecule has 0 bridgehead atoms. The molecule has 1 N–H and O–H groups in total. The fourth-order valence-electron chi connectivity index (χ4n) is 2.31. The summed E-state index contributed by atoms with van der Waals surface area (Å²) in [6.45, 7) is 4.28. The number of nitrogens with one attached hydrogen (secondary N) is 1. The molecule has 3 rings (SSSR count). The minimum absolute atomic E-state index is 0.0488. The molecule has 0 spiro atoms. The maximum Gasteiger partial charge on any atom is 0.280 e. The molecule has 0 unspecified atom stereocenters. The van der Waals surface area contributed by atoms with E-state index >= 15 is 0 Å². The summed E-state index contributed by atoms with van der Waals surface area (Å²) in [5, 5.41) is 17.8. The first-order valence-corrected chi connectivity index (χ1v) is 10.8. The van der Waals surface area contributed by atoms with Crippen LogP contribution in [-0.4, -0.2) is 21.1 Å². The molecule has 0 aliphatic heterocycles. The fraction of sp³-hybridized carbons (Fsp3) is 0.222. The van der Waals surface area contributed by atoms with Gasteiger partial charge >= 0.3 is 0 Å². The number of thioether (sulfide) groups is 1. The van der Waals surface area contributed by atoms with Gasteiger partial charge in [-0.05, 0) is 17.7 Å². The fourth-order valence-corrected chi connectivity index (χ4v) is 4.76. The van der Waals surface area contributed by atoms with E-state index in [1.54, 1.807) is 17.1 Å². The molecule has 0 atom stereocenters. The minimum Gasteiger partial charge on any atom is -0.302 e. The van der Waals surface area contributed by atoms with Crippen molar-refractivity contribution in [2.24, 2.45) is 0 Å². The zero-order chi connectivity index (χ0) is 19.4. The molecular formula is C18H17N3O3S3. The van der Waals surface area contributed by atoms with Gasteiger partial charge in [0.15, 0.2) is 5.13 Å². The van der Waals surface area contributed by atoms with E-state index in [0.29, 0.717) is 21.0 Å². The summed E-state index contributed by atoms with van der Waals surface area (Å²) in [7, 11) is 0. The Bertz CT molecular complexity index is 948. The van der Waals surface area contributed by atoms with E-state index in [9.17, 15) is 14.9 Å². The van der Waals surface area contributed by atoms with Crippen LogP contribution < -0.4 is 5.32 Å². The zero-order valence-electron chi connectivity index (χ0n) is 14.7. The Morgan fingerprint density at radius 1 is 1.26 bits per heavy atom. The van der Waals surface area contributed by atoms with Crippen LogP contribution in [0.5, 0.6) is 0 Å². The van der Waals surface area contributed by atoms with E-state index in [2.05, 4.69) is 24.1 Å². The SMILES string of the molecule is CC(C)Sc1ccc(CC(=O)Nc2nc(-c3cc([N+](=O)[O-])cs3)cs2)cc1. The lowest BCUT2D eigenvalue weighted by atomic mass is 10.1. The quantitative estimate of drug-likeness (QED) is 0.312. The number of nitro groups is 1. The summed E-state index contributed by atoms with van der Waals surface area (Å²) in [6.07, 6.45) is 0.270. The van der Waals surface area contributed by atoms with Crippen molar-refractivity contribution in [2.75, 3.05) is 5.32 Å². The molecule has 0 fully saturated rings. The summed E-state index contributed by atoms with van der Waals surface area (Å²) in [4.78, 5) is 28.8. The van der Waals surface area contributed by atoms with E-state index in [0.717, 1.165) is 5.56 Å². The van der Waals surface area contributed by atoms with E-state index in [1.807, 2.05) is 24.3 Å². The van der Waals surface area contributed by atoms with Gasteiger partial charge in [0.25, 0.3) is 5.69 Å². The van der Waals surface area contributed by atoms with Crippen LogP contribution in [0.2, 0.25) is 0 Å². The Morgan fingerprint density at radius 2 is 2.00 bits per heavy atom. The molecule has 0 aliphatic rings. The molecule has 0 saturated heterocycles. The first kappa shape index (κ1) is 19.5. The summed E-state index contributed by atoms with van der Waals surface area (Å²) < 4.78 is 0. The second kappa shape index (κ2) is 8.64. The Balaban J connectivity index is 1.59. The van der Waals surface area contributed by atoms with E-state index < -0.39 is 4.92 Å². The van der Waals surface area contributed by atoms with E-state index in [4.69, 9.17) is 0 Å². The maximum absolute atomic E-state index is 12.2. The van der Waals surface area contributed by atoms with Crippen LogP contribution in [-0.2, 0) is 11.2 Å². The van der Waals surface area contributed by atoms with Gasteiger partial charge in [-0.15, -0.1) is 34.4 Å². The van der Waals surface area contributed by atoms with Gasteiger partial charge in [0.2, 0.25) is 5.91 Å². The number of amides is 1. The number of aromatic nitrogens is 1. The van der Waals surface area contributed by atoms with Gasteiger partial charge in [-0.1, -0.05) is 26.0 Å². The smallest absolute Gasteiger partial charge is 0.280 e. The Kier molecular flexibility index (Phi) is 6.25. The van der Waals surface area contributed by atoms with Crippen LogP contribution in [0.3, 0.4) is 0 Å². The number of carbonyl (C=O) groups is 1. The molecule has 1 aromatic carbocycles. The number of hydrogen-bond acceptors (Lipinski definition) is 7. The summed E-state index contributed by atoms with van der Waals surface area (Å²) in [6, 6.07) is 9.46. The Labute approximate surface area is 168 Å². The average Bonchev–Trinajstić information content (AvgIpc) is 3.25. The molecular weight excluding hydrogens is 402 g/mol.